The quantitative estimate of drug-likeness (QED) is 0.339. The van der Waals surface area contributed by atoms with Crippen molar-refractivity contribution in [1.82, 2.24) is 4.57 Å². The Morgan fingerprint density at radius 2 is 1.79 bits per heavy atom. The van der Waals surface area contributed by atoms with Gasteiger partial charge < -0.3 is 13.9 Å². The lowest BCUT2D eigenvalue weighted by Gasteiger charge is -2.24. The Hall–Kier alpha value is -4.57. The van der Waals surface area contributed by atoms with Crippen LogP contribution in [0.25, 0.3) is 17.4 Å². The van der Waals surface area contributed by atoms with Crippen molar-refractivity contribution in [3.8, 4) is 11.3 Å². The maximum Gasteiger partial charge on any atom is 0.338 e. The highest BCUT2D eigenvalue weighted by Crippen LogP contribution is 2.31. The van der Waals surface area contributed by atoms with Crippen molar-refractivity contribution in [1.29, 1.82) is 0 Å². The Bertz CT molecular complexity index is 1780. The third-order valence-corrected chi connectivity index (χ3v) is 7.18. The number of allylic oxidation sites excluding steroid dienone is 1. The van der Waals surface area contributed by atoms with Crippen molar-refractivity contribution in [2.75, 3.05) is 13.7 Å². The van der Waals surface area contributed by atoms with Gasteiger partial charge in [0.1, 0.15) is 17.3 Å². The van der Waals surface area contributed by atoms with E-state index in [-0.39, 0.29) is 17.7 Å². The van der Waals surface area contributed by atoms with Crippen LogP contribution in [-0.4, -0.2) is 30.2 Å². The molecule has 0 bridgehead atoms. The molecule has 0 saturated carbocycles. The number of methoxy groups -OCH3 is 1. The van der Waals surface area contributed by atoms with E-state index in [2.05, 4.69) is 4.99 Å². The first-order chi connectivity index (χ1) is 18.8. The number of ether oxygens (including phenoxy) is 2. The Balaban J connectivity index is 1.57. The fraction of sp³-hybridized carbons (Fsp3) is 0.172. The fourth-order valence-electron chi connectivity index (χ4n) is 4.36. The zero-order valence-electron chi connectivity index (χ0n) is 21.3. The van der Waals surface area contributed by atoms with Crippen LogP contribution in [0.15, 0.2) is 86.1 Å². The number of carbonyl (C=O) groups is 2. The van der Waals surface area contributed by atoms with Crippen LogP contribution in [0.2, 0.25) is 0 Å². The normalized spacial score (nSPS) is 15.1. The van der Waals surface area contributed by atoms with Gasteiger partial charge in [0, 0.05) is 11.6 Å². The van der Waals surface area contributed by atoms with Crippen LogP contribution in [0, 0.1) is 5.82 Å². The van der Waals surface area contributed by atoms with Gasteiger partial charge in [0.2, 0.25) is 0 Å². The molecule has 3 heterocycles. The summed E-state index contributed by atoms with van der Waals surface area (Å²) >= 11 is 1.16. The van der Waals surface area contributed by atoms with Crippen LogP contribution >= 0.6 is 11.3 Å². The maximum absolute atomic E-state index is 13.7. The van der Waals surface area contributed by atoms with Crippen LogP contribution in [0.1, 0.15) is 41.6 Å². The highest BCUT2D eigenvalue weighted by atomic mass is 32.1. The Labute approximate surface area is 226 Å². The van der Waals surface area contributed by atoms with Crippen LogP contribution < -0.4 is 14.9 Å². The molecule has 0 aliphatic carbocycles. The summed E-state index contributed by atoms with van der Waals surface area (Å²) in [4.78, 5) is 43.2. The highest BCUT2D eigenvalue weighted by molar-refractivity contribution is 7.07. The molecular formula is C29H23FN2O6S. The molecule has 198 valence electrons. The Morgan fingerprint density at radius 3 is 2.46 bits per heavy atom. The lowest BCUT2D eigenvalue weighted by atomic mass is 9.96. The van der Waals surface area contributed by atoms with Crippen LogP contribution in [0.4, 0.5) is 4.39 Å². The molecule has 1 aliphatic rings. The summed E-state index contributed by atoms with van der Waals surface area (Å²) in [6.07, 6.45) is 1.61. The number of hydrogen-bond donors (Lipinski definition) is 0. The number of thiazole rings is 1. The van der Waals surface area contributed by atoms with E-state index in [9.17, 15) is 18.8 Å². The summed E-state index contributed by atoms with van der Waals surface area (Å²) in [5.41, 5.74) is 1.99. The maximum atomic E-state index is 13.7. The minimum Gasteiger partial charge on any atom is -0.465 e. The van der Waals surface area contributed by atoms with E-state index < -0.39 is 23.8 Å². The predicted octanol–water partition coefficient (Wildman–Crippen LogP) is 3.98. The highest BCUT2D eigenvalue weighted by Gasteiger charge is 2.33. The number of nitrogens with zero attached hydrogens (tertiary/aromatic N) is 2. The molecule has 1 aliphatic heterocycles. The summed E-state index contributed by atoms with van der Waals surface area (Å²) in [7, 11) is 1.32. The van der Waals surface area contributed by atoms with Gasteiger partial charge >= 0.3 is 11.9 Å². The molecular weight excluding hydrogens is 523 g/mol. The number of rotatable bonds is 6. The zero-order valence-corrected chi connectivity index (χ0v) is 22.1. The van der Waals surface area contributed by atoms with E-state index in [1.807, 2.05) is 0 Å². The number of hydrogen-bond acceptors (Lipinski definition) is 8. The van der Waals surface area contributed by atoms with Gasteiger partial charge in [0.15, 0.2) is 4.80 Å². The average molecular weight is 547 g/mol. The lowest BCUT2D eigenvalue weighted by molar-refractivity contribution is -0.139. The largest absolute Gasteiger partial charge is 0.465 e. The summed E-state index contributed by atoms with van der Waals surface area (Å²) in [5, 5.41) is 0. The van der Waals surface area contributed by atoms with Crippen molar-refractivity contribution < 1.29 is 27.9 Å². The minimum absolute atomic E-state index is 0.155. The van der Waals surface area contributed by atoms with Crippen molar-refractivity contribution in [3.63, 3.8) is 0 Å². The van der Waals surface area contributed by atoms with Gasteiger partial charge in [-0.05, 0) is 55.8 Å². The number of furan rings is 1. The molecule has 0 fully saturated rings. The molecule has 39 heavy (non-hydrogen) atoms. The van der Waals surface area contributed by atoms with Crippen molar-refractivity contribution in [2.45, 2.75) is 19.9 Å². The number of esters is 2. The molecule has 2 aromatic carbocycles. The summed E-state index contributed by atoms with van der Waals surface area (Å²) < 4.78 is 31.4. The number of aromatic nitrogens is 1. The minimum atomic E-state index is -0.830. The van der Waals surface area contributed by atoms with E-state index in [1.165, 1.54) is 23.8 Å². The third kappa shape index (κ3) is 4.98. The Kier molecular flexibility index (Phi) is 7.12. The summed E-state index contributed by atoms with van der Waals surface area (Å²) in [6.45, 7) is 3.54. The number of halogens is 1. The molecule has 0 N–H and O–H groups in total. The fourth-order valence-corrected chi connectivity index (χ4v) is 5.38. The first-order valence-corrected chi connectivity index (χ1v) is 12.9. The van der Waals surface area contributed by atoms with Gasteiger partial charge in [0.25, 0.3) is 5.56 Å². The first kappa shape index (κ1) is 26.1. The van der Waals surface area contributed by atoms with Gasteiger partial charge in [-0.15, -0.1) is 0 Å². The molecule has 8 nitrogen and oxygen atoms in total. The summed E-state index contributed by atoms with van der Waals surface area (Å²) in [6, 6.07) is 15.1. The molecule has 2 aromatic heterocycles. The van der Waals surface area contributed by atoms with E-state index in [0.717, 1.165) is 16.9 Å². The molecule has 0 amide bonds. The third-order valence-electron chi connectivity index (χ3n) is 6.19. The van der Waals surface area contributed by atoms with Crippen molar-refractivity contribution >= 4 is 29.4 Å². The first-order valence-electron chi connectivity index (χ1n) is 12.0. The van der Waals surface area contributed by atoms with E-state index >= 15 is 0 Å². The molecule has 1 atom stereocenters. The number of benzene rings is 2. The monoisotopic (exact) mass is 546 g/mol. The van der Waals surface area contributed by atoms with E-state index in [1.54, 1.807) is 68.5 Å². The van der Waals surface area contributed by atoms with E-state index in [0.29, 0.717) is 37.7 Å². The van der Waals surface area contributed by atoms with Crippen LogP contribution in [-0.2, 0) is 14.3 Å². The van der Waals surface area contributed by atoms with Crippen molar-refractivity contribution in [3.05, 3.63) is 114 Å². The predicted molar refractivity (Wildman–Crippen MR) is 142 cm³/mol. The number of fused-ring (bicyclic) bond motifs is 1. The van der Waals surface area contributed by atoms with Gasteiger partial charge in [-0.2, -0.15) is 0 Å². The molecule has 4 aromatic rings. The molecule has 0 saturated heterocycles. The second-order valence-corrected chi connectivity index (χ2v) is 9.63. The van der Waals surface area contributed by atoms with Crippen LogP contribution in [0.3, 0.4) is 0 Å². The molecule has 0 spiro atoms. The molecule has 0 radical (unpaired) electrons. The molecule has 10 heteroatoms. The second kappa shape index (κ2) is 10.7. The smallest absolute Gasteiger partial charge is 0.338 e. The summed E-state index contributed by atoms with van der Waals surface area (Å²) in [5.74, 6) is -0.464. The van der Waals surface area contributed by atoms with Crippen LogP contribution in [0.5, 0.6) is 0 Å². The number of carbonyl (C=O) groups excluding carboxylic acids is 2. The van der Waals surface area contributed by atoms with Gasteiger partial charge in [-0.3, -0.25) is 9.36 Å². The van der Waals surface area contributed by atoms with Crippen molar-refractivity contribution in [2.24, 2.45) is 4.99 Å². The average Bonchev–Trinajstić information content (AvgIpc) is 3.52. The topological polar surface area (TPSA) is 100 Å². The van der Waals surface area contributed by atoms with E-state index in [4.69, 9.17) is 13.9 Å². The molecule has 5 rings (SSSR count). The van der Waals surface area contributed by atoms with Gasteiger partial charge in [-0.25, -0.2) is 19.0 Å². The van der Waals surface area contributed by atoms with Gasteiger partial charge in [-0.1, -0.05) is 35.6 Å². The van der Waals surface area contributed by atoms with Gasteiger partial charge in [0.05, 0.1) is 41.1 Å². The standard InChI is InChI=1S/C29H23FN2O6S/c1-4-37-28(35)24-16(2)31-29-32(25(24)18-9-11-20(30)12-10-18)26(33)23(39-29)15-21-13-14-22(38-21)17-5-7-19(8-6-17)27(34)36-3/h5-15,25H,4H2,1-3H3/b23-15+. The zero-order chi connectivity index (χ0) is 27.7. The Morgan fingerprint density at radius 1 is 1.08 bits per heavy atom. The lowest BCUT2D eigenvalue weighted by Crippen LogP contribution is -2.39. The SMILES string of the molecule is CCOC(=O)C1=C(C)N=c2s/c(=C/c3ccc(-c4ccc(C(=O)OC)cc4)o3)c(=O)n2C1c1ccc(F)cc1. The molecule has 1 unspecified atom stereocenters. The second-order valence-electron chi connectivity index (χ2n) is 8.62.